The van der Waals surface area contributed by atoms with Crippen molar-refractivity contribution < 1.29 is 14.2 Å². The summed E-state index contributed by atoms with van der Waals surface area (Å²) < 4.78 is 17.3. The van der Waals surface area contributed by atoms with E-state index >= 15 is 0 Å². The fraction of sp³-hybridized carbons (Fsp3) is 0.273. The average Bonchev–Trinajstić information content (AvgIpc) is 2.90. The van der Waals surface area contributed by atoms with Crippen molar-refractivity contribution in [2.24, 2.45) is 0 Å². The molecule has 0 saturated carbocycles. The maximum absolute atomic E-state index is 5.29. The summed E-state index contributed by atoms with van der Waals surface area (Å²) in [6.45, 7) is 0. The second-order valence-corrected chi connectivity index (χ2v) is 3.23. The lowest BCUT2D eigenvalue weighted by molar-refractivity contribution is 0.348. The van der Waals surface area contributed by atoms with Gasteiger partial charge in [-0.05, 0) is 0 Å². The van der Waals surface area contributed by atoms with E-state index in [-0.39, 0.29) is 0 Å². The Hall–Kier alpha value is -2.24. The molecular formula is C11H13N3O3. The van der Waals surface area contributed by atoms with Crippen LogP contribution < -0.4 is 14.2 Å². The van der Waals surface area contributed by atoms with Crippen LogP contribution >= 0.6 is 0 Å². The monoisotopic (exact) mass is 235 g/mol. The highest BCUT2D eigenvalue weighted by molar-refractivity contribution is 5.57. The van der Waals surface area contributed by atoms with Gasteiger partial charge in [0, 0.05) is 12.1 Å². The number of aromatic nitrogens is 3. The summed E-state index contributed by atoms with van der Waals surface area (Å²) in [5, 5.41) is 7.67. The van der Waals surface area contributed by atoms with Crippen molar-refractivity contribution in [3.05, 3.63) is 24.5 Å². The molecule has 0 unspecified atom stereocenters. The molecule has 0 aliphatic carbocycles. The molecule has 0 spiro atoms. The van der Waals surface area contributed by atoms with Crippen LogP contribution in [-0.2, 0) is 0 Å². The lowest BCUT2D eigenvalue weighted by Gasteiger charge is -2.13. The summed E-state index contributed by atoms with van der Waals surface area (Å²) >= 11 is 0. The van der Waals surface area contributed by atoms with Gasteiger partial charge in [0.25, 0.3) is 0 Å². The number of ether oxygens (including phenoxy) is 3. The molecule has 1 heterocycles. The average molecular weight is 235 g/mol. The van der Waals surface area contributed by atoms with Crippen LogP contribution in [0.4, 0.5) is 0 Å². The first-order chi connectivity index (χ1) is 8.30. The lowest BCUT2D eigenvalue weighted by Crippen LogP contribution is -2.01. The number of benzene rings is 1. The molecule has 0 atom stereocenters. The van der Waals surface area contributed by atoms with Crippen LogP contribution in [0.3, 0.4) is 0 Å². The standard InChI is InChI=1S/C11H13N3O3/c1-15-9-7-11(17-3)10(16-2)6-8(9)14-5-4-12-13-14/h4-7H,1-3H3. The van der Waals surface area contributed by atoms with Crippen LogP contribution in [-0.4, -0.2) is 36.3 Å². The minimum atomic E-state index is 0.605. The van der Waals surface area contributed by atoms with Gasteiger partial charge in [-0.2, -0.15) is 0 Å². The SMILES string of the molecule is COc1cc(OC)c(-n2ccnn2)cc1OC. The molecule has 0 aliphatic heterocycles. The molecule has 0 fully saturated rings. The summed E-state index contributed by atoms with van der Waals surface area (Å²) in [6, 6.07) is 3.53. The van der Waals surface area contributed by atoms with E-state index in [2.05, 4.69) is 10.3 Å². The van der Waals surface area contributed by atoms with E-state index in [0.717, 1.165) is 5.69 Å². The van der Waals surface area contributed by atoms with Gasteiger partial charge in [0.15, 0.2) is 11.5 Å². The predicted octanol–water partition coefficient (Wildman–Crippen LogP) is 1.29. The minimum absolute atomic E-state index is 0.605. The highest BCUT2D eigenvalue weighted by atomic mass is 16.5. The first-order valence-corrected chi connectivity index (χ1v) is 4.97. The number of rotatable bonds is 4. The van der Waals surface area contributed by atoms with Gasteiger partial charge in [0.05, 0.1) is 33.7 Å². The molecule has 0 aliphatic rings. The largest absolute Gasteiger partial charge is 0.494 e. The Morgan fingerprint density at radius 3 is 2.12 bits per heavy atom. The normalized spacial score (nSPS) is 10.1. The Balaban J connectivity index is 2.58. The second-order valence-electron chi connectivity index (χ2n) is 3.23. The summed E-state index contributed by atoms with van der Waals surface area (Å²) in [5.41, 5.74) is 0.739. The number of hydrogen-bond donors (Lipinski definition) is 0. The first-order valence-electron chi connectivity index (χ1n) is 4.97. The number of methoxy groups -OCH3 is 3. The third kappa shape index (κ3) is 2.01. The molecule has 0 amide bonds. The molecule has 1 aromatic carbocycles. The van der Waals surface area contributed by atoms with E-state index in [0.29, 0.717) is 17.2 Å². The Morgan fingerprint density at radius 2 is 1.59 bits per heavy atom. The topological polar surface area (TPSA) is 58.4 Å². The van der Waals surface area contributed by atoms with Crippen molar-refractivity contribution in [1.29, 1.82) is 0 Å². The maximum Gasteiger partial charge on any atom is 0.164 e. The summed E-state index contributed by atoms with van der Waals surface area (Å²) in [5.74, 6) is 1.85. The smallest absolute Gasteiger partial charge is 0.164 e. The molecule has 0 N–H and O–H groups in total. The quantitative estimate of drug-likeness (QED) is 0.799. The third-order valence-electron chi connectivity index (χ3n) is 2.35. The zero-order valence-corrected chi connectivity index (χ0v) is 9.88. The molecule has 0 radical (unpaired) electrons. The van der Waals surface area contributed by atoms with Crippen molar-refractivity contribution in [2.75, 3.05) is 21.3 Å². The predicted molar refractivity (Wildman–Crippen MR) is 61.0 cm³/mol. The van der Waals surface area contributed by atoms with Crippen molar-refractivity contribution in [1.82, 2.24) is 15.0 Å². The van der Waals surface area contributed by atoms with Crippen molar-refractivity contribution >= 4 is 0 Å². The fourth-order valence-corrected chi connectivity index (χ4v) is 1.53. The Bertz CT molecular complexity index is 497. The molecule has 6 heteroatoms. The molecule has 2 aromatic rings. The van der Waals surface area contributed by atoms with E-state index in [1.54, 1.807) is 50.5 Å². The summed E-state index contributed by atoms with van der Waals surface area (Å²) in [4.78, 5) is 0. The van der Waals surface area contributed by atoms with Gasteiger partial charge in [-0.3, -0.25) is 0 Å². The van der Waals surface area contributed by atoms with Crippen LogP contribution in [0, 0.1) is 0 Å². The van der Waals surface area contributed by atoms with Crippen LogP contribution in [0.15, 0.2) is 24.5 Å². The number of nitrogens with zero attached hydrogens (tertiary/aromatic N) is 3. The van der Waals surface area contributed by atoms with Gasteiger partial charge in [-0.1, -0.05) is 5.21 Å². The van der Waals surface area contributed by atoms with Crippen molar-refractivity contribution in [3.8, 4) is 22.9 Å². The van der Waals surface area contributed by atoms with Crippen LogP contribution in [0.2, 0.25) is 0 Å². The Morgan fingerprint density at radius 1 is 0.941 bits per heavy atom. The highest BCUT2D eigenvalue weighted by Gasteiger charge is 2.13. The second kappa shape index (κ2) is 4.73. The zero-order valence-electron chi connectivity index (χ0n) is 9.88. The van der Waals surface area contributed by atoms with E-state index in [9.17, 15) is 0 Å². The fourth-order valence-electron chi connectivity index (χ4n) is 1.53. The summed E-state index contributed by atoms with van der Waals surface area (Å²) in [6.07, 6.45) is 3.32. The van der Waals surface area contributed by atoms with Gasteiger partial charge in [0.2, 0.25) is 0 Å². The highest BCUT2D eigenvalue weighted by Crippen LogP contribution is 2.36. The molecule has 6 nitrogen and oxygen atoms in total. The van der Waals surface area contributed by atoms with Crippen molar-refractivity contribution in [3.63, 3.8) is 0 Å². The molecule has 1 aromatic heterocycles. The van der Waals surface area contributed by atoms with Gasteiger partial charge in [0.1, 0.15) is 11.4 Å². The lowest BCUT2D eigenvalue weighted by atomic mass is 10.2. The van der Waals surface area contributed by atoms with E-state index in [1.165, 1.54) is 0 Å². The maximum atomic E-state index is 5.29. The number of hydrogen-bond acceptors (Lipinski definition) is 5. The van der Waals surface area contributed by atoms with Crippen LogP contribution in [0.25, 0.3) is 5.69 Å². The van der Waals surface area contributed by atoms with E-state index in [4.69, 9.17) is 14.2 Å². The molecule has 17 heavy (non-hydrogen) atoms. The van der Waals surface area contributed by atoms with Crippen LogP contribution in [0.1, 0.15) is 0 Å². The molecule has 2 rings (SSSR count). The first kappa shape index (κ1) is 11.3. The third-order valence-corrected chi connectivity index (χ3v) is 2.35. The van der Waals surface area contributed by atoms with Crippen molar-refractivity contribution in [2.45, 2.75) is 0 Å². The minimum Gasteiger partial charge on any atom is -0.494 e. The van der Waals surface area contributed by atoms with Gasteiger partial charge in [-0.25, -0.2) is 4.68 Å². The molecular weight excluding hydrogens is 222 g/mol. The van der Waals surface area contributed by atoms with Gasteiger partial charge >= 0.3 is 0 Å². The van der Waals surface area contributed by atoms with Crippen LogP contribution in [0.5, 0.6) is 17.2 Å². The Kier molecular flexibility index (Phi) is 3.13. The van der Waals surface area contributed by atoms with Gasteiger partial charge in [-0.15, -0.1) is 5.10 Å². The molecule has 0 bridgehead atoms. The molecule has 90 valence electrons. The molecule has 0 saturated heterocycles. The van der Waals surface area contributed by atoms with Gasteiger partial charge < -0.3 is 14.2 Å². The van der Waals surface area contributed by atoms with E-state index < -0.39 is 0 Å². The summed E-state index contributed by atoms with van der Waals surface area (Å²) in [7, 11) is 4.74. The zero-order chi connectivity index (χ0) is 12.3. The van der Waals surface area contributed by atoms with E-state index in [1.807, 2.05) is 0 Å². The Labute approximate surface area is 98.7 Å².